The average molecular weight is 328 g/mol. The van der Waals surface area contributed by atoms with E-state index >= 15 is 0 Å². The number of anilines is 1. The van der Waals surface area contributed by atoms with Gasteiger partial charge >= 0.3 is 0 Å². The molecule has 1 amide bonds. The second-order valence-corrected chi connectivity index (χ2v) is 5.62. The maximum Gasteiger partial charge on any atom is 0.253 e. The van der Waals surface area contributed by atoms with E-state index in [0.29, 0.717) is 38.5 Å². The maximum absolute atomic E-state index is 12.4. The van der Waals surface area contributed by atoms with E-state index in [-0.39, 0.29) is 18.0 Å². The van der Waals surface area contributed by atoms with Crippen molar-refractivity contribution in [3.8, 4) is 0 Å². The average Bonchev–Trinajstić information content (AvgIpc) is 2.64. The molecule has 3 heterocycles. The third-order valence-corrected chi connectivity index (χ3v) is 4.07. The van der Waals surface area contributed by atoms with Gasteiger partial charge in [-0.1, -0.05) is 6.92 Å². The van der Waals surface area contributed by atoms with Crippen LogP contribution in [0.1, 0.15) is 12.6 Å². The minimum absolute atomic E-state index is 0.0255. The number of carbonyl (C=O) groups is 1. The number of carbonyl (C=O) groups excluding carboxylic acids is 1. The van der Waals surface area contributed by atoms with Gasteiger partial charge in [0.1, 0.15) is 6.54 Å². The van der Waals surface area contributed by atoms with Crippen LogP contribution < -0.4 is 10.5 Å². The van der Waals surface area contributed by atoms with Gasteiger partial charge < -0.3 is 9.80 Å². The van der Waals surface area contributed by atoms with Gasteiger partial charge in [0.25, 0.3) is 5.56 Å². The van der Waals surface area contributed by atoms with Gasteiger partial charge in [-0.15, -0.1) is 0 Å². The summed E-state index contributed by atoms with van der Waals surface area (Å²) in [5.74, 6) is 0.608. The Morgan fingerprint density at radius 1 is 1.12 bits per heavy atom. The van der Waals surface area contributed by atoms with Crippen LogP contribution in [0.3, 0.4) is 0 Å². The number of hydrogen-bond acceptors (Lipinski definition) is 6. The predicted molar refractivity (Wildman–Crippen MR) is 88.7 cm³/mol. The lowest BCUT2D eigenvalue weighted by Gasteiger charge is -2.34. The summed E-state index contributed by atoms with van der Waals surface area (Å²) in [6.07, 6.45) is 5.57. The first kappa shape index (κ1) is 16.1. The molecule has 0 radical (unpaired) electrons. The standard InChI is InChI=1S/C16H20N6O2/c1-2-13-10-14(23)22(12-19-13)11-15(24)20-6-8-21(9-7-20)16-17-4-3-5-18-16/h3-5,10,12H,2,6-9,11H2,1H3. The molecule has 24 heavy (non-hydrogen) atoms. The van der Waals surface area contributed by atoms with Gasteiger partial charge in [-0.05, 0) is 12.5 Å². The Morgan fingerprint density at radius 3 is 2.46 bits per heavy atom. The fourth-order valence-electron chi connectivity index (χ4n) is 2.63. The van der Waals surface area contributed by atoms with Gasteiger partial charge in [-0.25, -0.2) is 15.0 Å². The van der Waals surface area contributed by atoms with Gasteiger partial charge in [0.15, 0.2) is 0 Å². The first-order valence-electron chi connectivity index (χ1n) is 8.02. The lowest BCUT2D eigenvalue weighted by atomic mass is 10.3. The highest BCUT2D eigenvalue weighted by Crippen LogP contribution is 2.10. The van der Waals surface area contributed by atoms with Crippen LogP contribution in [0.4, 0.5) is 5.95 Å². The Balaban J connectivity index is 1.58. The molecule has 8 heteroatoms. The fraction of sp³-hybridized carbons (Fsp3) is 0.438. The molecule has 0 saturated carbocycles. The van der Waals surface area contributed by atoms with Gasteiger partial charge in [-0.3, -0.25) is 14.2 Å². The number of aromatic nitrogens is 4. The van der Waals surface area contributed by atoms with Crippen molar-refractivity contribution in [1.29, 1.82) is 0 Å². The lowest BCUT2D eigenvalue weighted by molar-refractivity contribution is -0.132. The molecule has 1 aliphatic heterocycles. The summed E-state index contributed by atoms with van der Waals surface area (Å²) in [6, 6.07) is 3.26. The molecule has 3 rings (SSSR count). The van der Waals surface area contributed by atoms with E-state index in [1.54, 1.807) is 23.4 Å². The summed E-state index contributed by atoms with van der Waals surface area (Å²) in [5, 5.41) is 0. The topological polar surface area (TPSA) is 84.2 Å². The summed E-state index contributed by atoms with van der Waals surface area (Å²) >= 11 is 0. The van der Waals surface area contributed by atoms with Crippen molar-refractivity contribution in [3.05, 3.63) is 46.9 Å². The zero-order valence-corrected chi connectivity index (χ0v) is 13.6. The van der Waals surface area contributed by atoms with Crippen LogP contribution in [0.25, 0.3) is 0 Å². The maximum atomic E-state index is 12.4. The first-order chi connectivity index (χ1) is 11.7. The summed E-state index contributed by atoms with van der Waals surface area (Å²) in [7, 11) is 0. The highest BCUT2D eigenvalue weighted by Gasteiger charge is 2.22. The van der Waals surface area contributed by atoms with Crippen molar-refractivity contribution in [2.24, 2.45) is 0 Å². The van der Waals surface area contributed by atoms with Crippen LogP contribution in [0.2, 0.25) is 0 Å². The number of nitrogens with zero attached hydrogens (tertiary/aromatic N) is 6. The van der Waals surface area contributed by atoms with Gasteiger partial charge in [-0.2, -0.15) is 0 Å². The minimum Gasteiger partial charge on any atom is -0.338 e. The molecule has 8 nitrogen and oxygen atoms in total. The second-order valence-electron chi connectivity index (χ2n) is 5.62. The minimum atomic E-state index is -0.188. The molecule has 126 valence electrons. The summed E-state index contributed by atoms with van der Waals surface area (Å²) in [5.41, 5.74) is 0.548. The summed E-state index contributed by atoms with van der Waals surface area (Å²) in [6.45, 7) is 4.50. The molecule has 1 aliphatic rings. The monoisotopic (exact) mass is 328 g/mol. The van der Waals surface area contributed by atoms with E-state index in [0.717, 1.165) is 5.69 Å². The van der Waals surface area contributed by atoms with Crippen LogP contribution in [0.5, 0.6) is 0 Å². The molecule has 0 aromatic carbocycles. The molecule has 2 aromatic heterocycles. The Hall–Kier alpha value is -2.77. The van der Waals surface area contributed by atoms with Crippen LogP contribution in [0.15, 0.2) is 35.6 Å². The van der Waals surface area contributed by atoms with Crippen molar-refractivity contribution in [3.63, 3.8) is 0 Å². The van der Waals surface area contributed by atoms with E-state index < -0.39 is 0 Å². The van der Waals surface area contributed by atoms with Crippen molar-refractivity contribution in [2.45, 2.75) is 19.9 Å². The smallest absolute Gasteiger partial charge is 0.253 e. The number of rotatable bonds is 4. The third kappa shape index (κ3) is 3.58. The van der Waals surface area contributed by atoms with Gasteiger partial charge in [0, 0.05) is 50.3 Å². The van der Waals surface area contributed by atoms with E-state index in [4.69, 9.17) is 0 Å². The van der Waals surface area contributed by atoms with Crippen molar-refractivity contribution < 1.29 is 4.79 Å². The Morgan fingerprint density at radius 2 is 1.83 bits per heavy atom. The number of amides is 1. The number of piperazine rings is 1. The molecule has 1 saturated heterocycles. The van der Waals surface area contributed by atoms with Gasteiger partial charge in [0.05, 0.1) is 6.33 Å². The van der Waals surface area contributed by atoms with Gasteiger partial charge in [0.2, 0.25) is 11.9 Å². The van der Waals surface area contributed by atoms with Crippen LogP contribution in [0, 0.1) is 0 Å². The molecule has 0 bridgehead atoms. The van der Waals surface area contributed by atoms with Crippen LogP contribution in [-0.4, -0.2) is 56.5 Å². The second kappa shape index (κ2) is 7.20. The Kier molecular flexibility index (Phi) is 4.83. The predicted octanol–water partition coefficient (Wildman–Crippen LogP) is -0.0555. The fourth-order valence-corrected chi connectivity index (χ4v) is 2.63. The molecular weight excluding hydrogens is 308 g/mol. The van der Waals surface area contributed by atoms with Crippen LogP contribution >= 0.6 is 0 Å². The number of hydrogen-bond donors (Lipinski definition) is 0. The SMILES string of the molecule is CCc1cc(=O)n(CC(=O)N2CCN(c3ncccn3)CC2)cn1. The normalized spacial score (nSPS) is 14.7. The molecule has 0 aliphatic carbocycles. The summed E-state index contributed by atoms with van der Waals surface area (Å²) in [4.78, 5) is 40.8. The molecule has 0 spiro atoms. The molecule has 1 fully saturated rings. The van der Waals surface area contributed by atoms with E-state index in [1.807, 2.05) is 11.8 Å². The van der Waals surface area contributed by atoms with Crippen molar-refractivity contribution in [2.75, 3.05) is 31.1 Å². The Bertz CT molecular complexity index is 753. The molecule has 0 unspecified atom stereocenters. The van der Waals surface area contributed by atoms with E-state index in [2.05, 4.69) is 15.0 Å². The third-order valence-electron chi connectivity index (χ3n) is 4.07. The first-order valence-corrected chi connectivity index (χ1v) is 8.02. The lowest BCUT2D eigenvalue weighted by Crippen LogP contribution is -2.50. The number of aryl methyl sites for hydroxylation is 1. The zero-order chi connectivity index (χ0) is 16.9. The van der Waals surface area contributed by atoms with Crippen molar-refractivity contribution in [1.82, 2.24) is 24.4 Å². The van der Waals surface area contributed by atoms with Crippen molar-refractivity contribution >= 4 is 11.9 Å². The Labute approximate surface area is 139 Å². The van der Waals surface area contributed by atoms with E-state index in [9.17, 15) is 9.59 Å². The highest BCUT2D eigenvalue weighted by molar-refractivity contribution is 5.76. The molecule has 0 N–H and O–H groups in total. The van der Waals surface area contributed by atoms with E-state index in [1.165, 1.54) is 17.0 Å². The molecular formula is C16H20N6O2. The molecule has 2 aromatic rings. The zero-order valence-electron chi connectivity index (χ0n) is 13.6. The van der Waals surface area contributed by atoms with Crippen LogP contribution in [-0.2, 0) is 17.8 Å². The largest absolute Gasteiger partial charge is 0.338 e. The summed E-state index contributed by atoms with van der Waals surface area (Å²) < 4.78 is 1.36. The quantitative estimate of drug-likeness (QED) is 0.782. The highest BCUT2D eigenvalue weighted by atomic mass is 16.2. The molecule has 0 atom stereocenters.